The molecular weight excluding hydrogens is 661 g/mol. The number of aliphatic hydroxyl groups is 1. The van der Waals surface area contributed by atoms with Crippen LogP contribution in [0.3, 0.4) is 0 Å². The lowest BCUT2D eigenvalue weighted by Crippen LogP contribution is -2.71. The Hall–Kier alpha value is -1.24. The molecular formula is C20H30F13NO8S. The highest BCUT2D eigenvalue weighted by atomic mass is 32.2. The SMILES string of the molecule is CCN(CCOCCOCCOCCOCCOCCO)S(=O)(=O)C(F)(F)C(F)(F)C(F)(F)C(F)(F)C(F)(F)C(F)(F)F. The van der Waals surface area contributed by atoms with Crippen molar-refractivity contribution >= 4 is 10.0 Å². The largest absolute Gasteiger partial charge is 0.460 e. The minimum absolute atomic E-state index is 0.00592. The van der Waals surface area contributed by atoms with Gasteiger partial charge in [-0.05, 0) is 0 Å². The van der Waals surface area contributed by atoms with Crippen LogP contribution >= 0.6 is 0 Å². The number of alkyl halides is 13. The Kier molecular flexibility index (Phi) is 16.4. The number of halogens is 13. The Morgan fingerprint density at radius 2 is 0.860 bits per heavy atom. The third kappa shape index (κ3) is 9.87. The summed E-state index contributed by atoms with van der Waals surface area (Å²) in [6, 6.07) is 0. The zero-order chi connectivity index (χ0) is 33.8. The Labute approximate surface area is 237 Å². The first-order chi connectivity index (χ1) is 19.5. The van der Waals surface area contributed by atoms with Crippen LogP contribution in [0.25, 0.3) is 0 Å². The van der Waals surface area contributed by atoms with Gasteiger partial charge in [0, 0.05) is 13.1 Å². The Balaban J connectivity index is 4.92. The van der Waals surface area contributed by atoms with Crippen LogP contribution in [0.15, 0.2) is 0 Å². The average Bonchev–Trinajstić information content (AvgIpc) is 2.89. The minimum Gasteiger partial charge on any atom is -0.394 e. The second-order valence-electron chi connectivity index (χ2n) is 8.09. The summed E-state index contributed by atoms with van der Waals surface area (Å²) >= 11 is 0. The van der Waals surface area contributed by atoms with E-state index in [0.29, 0.717) is 6.92 Å². The standard InChI is InChI=1S/C20H30F13NO8S/c1-2-34(3-5-38-7-9-40-11-13-42-14-12-41-10-8-39-6-4-35)43(36,37)20(32,33)18(27,28)16(23,24)15(21,22)17(25,26)19(29,30)31/h35H,2-14H2,1H3. The Morgan fingerprint density at radius 3 is 1.19 bits per heavy atom. The number of likely N-dealkylation sites (N-methyl/N-ethyl adjacent to an activating group) is 1. The van der Waals surface area contributed by atoms with E-state index in [1.165, 1.54) is 0 Å². The normalized spacial score (nSPS) is 14.6. The number of aliphatic hydroxyl groups excluding tert-OH is 1. The topological polar surface area (TPSA) is 104 Å². The van der Waals surface area contributed by atoms with Crippen molar-refractivity contribution in [3.63, 3.8) is 0 Å². The summed E-state index contributed by atoms with van der Waals surface area (Å²) in [7, 11) is -7.10. The van der Waals surface area contributed by atoms with Gasteiger partial charge in [0.15, 0.2) is 0 Å². The van der Waals surface area contributed by atoms with Crippen LogP contribution in [-0.2, 0) is 33.7 Å². The van der Waals surface area contributed by atoms with Gasteiger partial charge in [-0.25, -0.2) is 8.42 Å². The molecule has 9 nitrogen and oxygen atoms in total. The fourth-order valence-corrected chi connectivity index (χ4v) is 4.17. The summed E-state index contributed by atoms with van der Waals surface area (Å²) < 4.78 is 221. The number of ether oxygens (including phenoxy) is 5. The van der Waals surface area contributed by atoms with Gasteiger partial charge in [0.05, 0.1) is 72.7 Å². The van der Waals surface area contributed by atoms with Crippen molar-refractivity contribution in [1.82, 2.24) is 4.31 Å². The molecule has 0 spiro atoms. The average molecular weight is 692 g/mol. The number of nitrogens with zero attached hydrogens (tertiary/aromatic N) is 1. The third-order valence-electron chi connectivity index (χ3n) is 5.13. The van der Waals surface area contributed by atoms with Gasteiger partial charge >= 0.3 is 35.1 Å². The van der Waals surface area contributed by atoms with Gasteiger partial charge in [0.2, 0.25) is 0 Å². The maximum Gasteiger partial charge on any atom is 0.460 e. The molecule has 0 saturated carbocycles. The van der Waals surface area contributed by atoms with E-state index in [9.17, 15) is 65.5 Å². The summed E-state index contributed by atoms with van der Waals surface area (Å²) in [5, 5.41) is 1.20. The lowest BCUT2D eigenvalue weighted by molar-refractivity contribution is -0.433. The van der Waals surface area contributed by atoms with E-state index >= 15 is 0 Å². The van der Waals surface area contributed by atoms with E-state index in [-0.39, 0.29) is 66.1 Å². The van der Waals surface area contributed by atoms with E-state index in [1.54, 1.807) is 0 Å². The molecule has 0 amide bonds. The highest BCUT2D eigenvalue weighted by Crippen LogP contribution is 2.61. The van der Waals surface area contributed by atoms with Crippen LogP contribution in [0.1, 0.15) is 6.92 Å². The Bertz CT molecular complexity index is 908. The highest BCUT2D eigenvalue weighted by Gasteiger charge is 2.92. The first-order valence-corrected chi connectivity index (χ1v) is 13.4. The molecule has 1 N–H and O–H groups in total. The summed E-state index contributed by atoms with van der Waals surface area (Å²) in [6.07, 6.45) is -7.61. The molecule has 0 atom stereocenters. The summed E-state index contributed by atoms with van der Waals surface area (Å²) in [5.41, 5.74) is 0. The summed E-state index contributed by atoms with van der Waals surface area (Å²) in [5.74, 6) is -32.4. The van der Waals surface area contributed by atoms with E-state index < -0.39 is 69.1 Å². The van der Waals surface area contributed by atoms with Crippen molar-refractivity contribution in [2.45, 2.75) is 42.0 Å². The van der Waals surface area contributed by atoms with Crippen molar-refractivity contribution in [3.05, 3.63) is 0 Å². The highest BCUT2D eigenvalue weighted by molar-refractivity contribution is 7.90. The molecule has 0 aromatic heterocycles. The van der Waals surface area contributed by atoms with E-state index in [1.807, 2.05) is 0 Å². The first-order valence-electron chi connectivity index (χ1n) is 12.0. The van der Waals surface area contributed by atoms with Gasteiger partial charge in [-0.2, -0.15) is 61.4 Å². The quantitative estimate of drug-likeness (QED) is 0.122. The van der Waals surface area contributed by atoms with Crippen molar-refractivity contribution in [2.75, 3.05) is 85.8 Å². The van der Waals surface area contributed by atoms with E-state index in [2.05, 4.69) is 0 Å². The maximum atomic E-state index is 14.2. The van der Waals surface area contributed by atoms with Crippen LogP contribution in [0.4, 0.5) is 57.1 Å². The molecule has 0 rings (SSSR count). The number of hydrogen-bond acceptors (Lipinski definition) is 8. The molecule has 23 heteroatoms. The predicted octanol–water partition coefficient (Wildman–Crippen LogP) is 3.41. The third-order valence-corrected chi connectivity index (χ3v) is 7.15. The molecule has 0 aromatic rings. The van der Waals surface area contributed by atoms with Crippen LogP contribution in [0.5, 0.6) is 0 Å². The fourth-order valence-electron chi connectivity index (χ4n) is 2.74. The van der Waals surface area contributed by atoms with Crippen LogP contribution in [0, 0.1) is 0 Å². The van der Waals surface area contributed by atoms with E-state index in [0.717, 1.165) is 0 Å². The second kappa shape index (κ2) is 16.9. The Morgan fingerprint density at radius 1 is 0.535 bits per heavy atom. The van der Waals surface area contributed by atoms with Crippen molar-refractivity contribution < 1.29 is 94.3 Å². The maximum absolute atomic E-state index is 14.2. The molecule has 0 aromatic carbocycles. The second-order valence-corrected chi connectivity index (χ2v) is 10.1. The van der Waals surface area contributed by atoms with Gasteiger partial charge in [-0.1, -0.05) is 6.92 Å². The molecule has 0 heterocycles. The fraction of sp³-hybridized carbons (Fsp3) is 1.00. The minimum atomic E-state index is -8.23. The predicted molar refractivity (Wildman–Crippen MR) is 118 cm³/mol. The molecule has 0 unspecified atom stereocenters. The van der Waals surface area contributed by atoms with E-state index in [4.69, 9.17) is 28.8 Å². The lowest BCUT2D eigenvalue weighted by Gasteiger charge is -2.40. The molecule has 0 radical (unpaired) electrons. The van der Waals surface area contributed by atoms with Gasteiger partial charge in [0.1, 0.15) is 0 Å². The van der Waals surface area contributed by atoms with Gasteiger partial charge < -0.3 is 28.8 Å². The van der Waals surface area contributed by atoms with Crippen LogP contribution in [0.2, 0.25) is 0 Å². The zero-order valence-electron chi connectivity index (χ0n) is 22.3. The molecule has 0 fully saturated rings. The molecule has 0 aliphatic heterocycles. The monoisotopic (exact) mass is 691 g/mol. The summed E-state index contributed by atoms with van der Waals surface area (Å²) in [6.45, 7) is -2.17. The smallest absolute Gasteiger partial charge is 0.394 e. The van der Waals surface area contributed by atoms with Gasteiger partial charge in [-0.3, -0.25) is 0 Å². The molecule has 260 valence electrons. The molecule has 0 aliphatic rings. The first kappa shape index (κ1) is 41.8. The van der Waals surface area contributed by atoms with Crippen LogP contribution in [-0.4, -0.2) is 139 Å². The zero-order valence-corrected chi connectivity index (χ0v) is 23.1. The lowest BCUT2D eigenvalue weighted by atomic mass is 9.98. The molecule has 0 bridgehead atoms. The molecule has 0 saturated heterocycles. The number of rotatable bonds is 24. The summed E-state index contributed by atoms with van der Waals surface area (Å²) in [4.78, 5) is 0. The van der Waals surface area contributed by atoms with Crippen LogP contribution < -0.4 is 0 Å². The number of sulfonamides is 1. The molecule has 43 heavy (non-hydrogen) atoms. The van der Waals surface area contributed by atoms with Gasteiger partial charge in [0.25, 0.3) is 10.0 Å². The number of hydrogen-bond donors (Lipinski definition) is 1. The van der Waals surface area contributed by atoms with Crippen molar-refractivity contribution in [1.29, 1.82) is 0 Å². The molecule has 0 aliphatic carbocycles. The van der Waals surface area contributed by atoms with Crippen molar-refractivity contribution in [3.8, 4) is 0 Å². The van der Waals surface area contributed by atoms with Gasteiger partial charge in [-0.15, -0.1) is 0 Å². The van der Waals surface area contributed by atoms with Crippen molar-refractivity contribution in [2.24, 2.45) is 0 Å².